The van der Waals surface area contributed by atoms with Crippen molar-refractivity contribution in [1.29, 1.82) is 0 Å². The van der Waals surface area contributed by atoms with Gasteiger partial charge in [0.1, 0.15) is 0 Å². The van der Waals surface area contributed by atoms with Crippen LogP contribution in [-0.2, 0) is 0 Å². The molecule has 2 rings (SSSR count). The highest BCUT2D eigenvalue weighted by molar-refractivity contribution is 9.10. The molecule has 0 aliphatic heterocycles. The third-order valence-electron chi connectivity index (χ3n) is 3.92. The average molecular weight is 330 g/mol. The highest BCUT2D eigenvalue weighted by Crippen LogP contribution is 2.34. The third kappa shape index (κ3) is 3.16. The third-order valence-corrected chi connectivity index (χ3v) is 4.75. The molecular formula is C15H18BrClO. The average Bonchev–Trinajstić information content (AvgIpc) is 2.41. The van der Waals surface area contributed by atoms with Crippen LogP contribution in [0.15, 0.2) is 22.7 Å². The summed E-state index contributed by atoms with van der Waals surface area (Å²) >= 11 is 9.54. The minimum atomic E-state index is 0.162. The molecule has 0 N–H and O–H groups in total. The van der Waals surface area contributed by atoms with E-state index in [0.717, 1.165) is 17.3 Å². The molecule has 1 aromatic carbocycles. The molecule has 2 atom stereocenters. The zero-order chi connectivity index (χ0) is 13.1. The molecule has 98 valence electrons. The summed E-state index contributed by atoms with van der Waals surface area (Å²) in [4.78, 5) is 12.5. The minimum Gasteiger partial charge on any atom is -0.294 e. The molecule has 0 radical (unpaired) electrons. The van der Waals surface area contributed by atoms with Crippen molar-refractivity contribution in [3.05, 3.63) is 33.3 Å². The fraction of sp³-hybridized carbons (Fsp3) is 0.533. The Morgan fingerprint density at radius 1 is 1.44 bits per heavy atom. The fourth-order valence-electron chi connectivity index (χ4n) is 2.81. The molecule has 3 heteroatoms. The van der Waals surface area contributed by atoms with Crippen LogP contribution in [0.2, 0.25) is 5.02 Å². The molecule has 18 heavy (non-hydrogen) atoms. The van der Waals surface area contributed by atoms with Gasteiger partial charge in [0.05, 0.1) is 5.02 Å². The lowest BCUT2D eigenvalue weighted by Gasteiger charge is -2.27. The van der Waals surface area contributed by atoms with Crippen molar-refractivity contribution in [2.75, 3.05) is 0 Å². The van der Waals surface area contributed by atoms with E-state index in [1.165, 1.54) is 19.3 Å². The van der Waals surface area contributed by atoms with E-state index in [-0.39, 0.29) is 11.7 Å². The van der Waals surface area contributed by atoms with Gasteiger partial charge < -0.3 is 0 Å². The number of hydrogen-bond donors (Lipinski definition) is 0. The lowest BCUT2D eigenvalue weighted by Crippen LogP contribution is -2.23. The maximum absolute atomic E-state index is 12.5. The van der Waals surface area contributed by atoms with E-state index in [2.05, 4.69) is 22.9 Å². The normalized spacial score (nSPS) is 23.9. The molecule has 2 unspecified atom stereocenters. The Morgan fingerprint density at radius 2 is 2.22 bits per heavy atom. The Morgan fingerprint density at radius 3 is 2.94 bits per heavy atom. The maximum Gasteiger partial charge on any atom is 0.167 e. The minimum absolute atomic E-state index is 0.162. The summed E-state index contributed by atoms with van der Waals surface area (Å²) in [7, 11) is 0. The first-order valence-corrected chi connectivity index (χ1v) is 7.78. The fourth-order valence-corrected chi connectivity index (χ4v) is 3.38. The number of carbonyl (C=O) groups is 1. The van der Waals surface area contributed by atoms with E-state index in [9.17, 15) is 4.79 Å². The van der Waals surface area contributed by atoms with Gasteiger partial charge in [0.2, 0.25) is 0 Å². The number of hydrogen-bond acceptors (Lipinski definition) is 1. The van der Waals surface area contributed by atoms with Gasteiger partial charge in [-0.05, 0) is 37.0 Å². The smallest absolute Gasteiger partial charge is 0.167 e. The SMILES string of the molecule is CCC1CCCC(C(=O)c2cc(Br)ccc2Cl)C1. The summed E-state index contributed by atoms with van der Waals surface area (Å²) in [5.74, 6) is 1.09. The lowest BCUT2D eigenvalue weighted by molar-refractivity contribution is 0.0862. The molecule has 1 aliphatic rings. The number of Topliss-reactive ketones (excluding diaryl/α,β-unsaturated/α-hetero) is 1. The monoisotopic (exact) mass is 328 g/mol. The second kappa shape index (κ2) is 6.21. The van der Waals surface area contributed by atoms with Crippen LogP contribution in [0.4, 0.5) is 0 Å². The molecule has 0 saturated heterocycles. The van der Waals surface area contributed by atoms with Gasteiger partial charge in [-0.1, -0.05) is 53.7 Å². The van der Waals surface area contributed by atoms with Crippen LogP contribution in [-0.4, -0.2) is 5.78 Å². The van der Waals surface area contributed by atoms with Gasteiger partial charge in [-0.15, -0.1) is 0 Å². The first kappa shape index (κ1) is 14.1. The molecule has 1 aliphatic carbocycles. The number of ketones is 1. The predicted octanol–water partition coefficient (Wildman–Crippen LogP) is 5.50. The Hall–Kier alpha value is -0.340. The van der Waals surface area contributed by atoms with Gasteiger partial charge in [0.15, 0.2) is 5.78 Å². The van der Waals surface area contributed by atoms with Crippen LogP contribution >= 0.6 is 27.5 Å². The van der Waals surface area contributed by atoms with Crippen molar-refractivity contribution in [2.45, 2.75) is 39.0 Å². The topological polar surface area (TPSA) is 17.1 Å². The van der Waals surface area contributed by atoms with Gasteiger partial charge in [-0.25, -0.2) is 0 Å². The first-order chi connectivity index (χ1) is 8.61. The van der Waals surface area contributed by atoms with E-state index in [1.54, 1.807) is 6.07 Å². The maximum atomic E-state index is 12.5. The van der Waals surface area contributed by atoms with Gasteiger partial charge >= 0.3 is 0 Å². The van der Waals surface area contributed by atoms with E-state index >= 15 is 0 Å². The second-order valence-corrected chi connectivity index (χ2v) is 6.45. The van der Waals surface area contributed by atoms with Crippen molar-refractivity contribution in [3.63, 3.8) is 0 Å². The standard InChI is InChI=1S/C15H18BrClO/c1-2-10-4-3-5-11(8-10)15(18)13-9-12(16)6-7-14(13)17/h6-7,9-11H,2-5,8H2,1H3. The van der Waals surface area contributed by atoms with Crippen LogP contribution in [0, 0.1) is 11.8 Å². The van der Waals surface area contributed by atoms with E-state index < -0.39 is 0 Å². The van der Waals surface area contributed by atoms with Gasteiger partial charge in [0, 0.05) is 16.0 Å². The highest BCUT2D eigenvalue weighted by atomic mass is 79.9. The molecule has 1 aromatic rings. The Kier molecular flexibility index (Phi) is 4.85. The van der Waals surface area contributed by atoms with Gasteiger partial charge in [0.25, 0.3) is 0 Å². The number of carbonyl (C=O) groups excluding carboxylic acids is 1. The quantitative estimate of drug-likeness (QED) is 0.669. The molecule has 1 fully saturated rings. The second-order valence-electron chi connectivity index (χ2n) is 5.13. The van der Waals surface area contributed by atoms with E-state index in [4.69, 9.17) is 11.6 Å². The molecular weight excluding hydrogens is 312 g/mol. The molecule has 0 bridgehead atoms. The van der Waals surface area contributed by atoms with Crippen LogP contribution < -0.4 is 0 Å². The van der Waals surface area contributed by atoms with Crippen molar-refractivity contribution < 1.29 is 4.79 Å². The van der Waals surface area contributed by atoms with Gasteiger partial charge in [-0.3, -0.25) is 4.79 Å². The first-order valence-electron chi connectivity index (χ1n) is 6.61. The van der Waals surface area contributed by atoms with Crippen LogP contribution in [0.5, 0.6) is 0 Å². The lowest BCUT2D eigenvalue weighted by atomic mass is 9.77. The molecule has 0 amide bonds. The van der Waals surface area contributed by atoms with Gasteiger partial charge in [-0.2, -0.15) is 0 Å². The summed E-state index contributed by atoms with van der Waals surface area (Å²) in [6.07, 6.45) is 5.65. The number of halogens is 2. The summed E-state index contributed by atoms with van der Waals surface area (Å²) in [6.45, 7) is 2.21. The molecule has 1 nitrogen and oxygen atoms in total. The zero-order valence-electron chi connectivity index (χ0n) is 10.6. The largest absolute Gasteiger partial charge is 0.294 e. The summed E-state index contributed by atoms with van der Waals surface area (Å²) < 4.78 is 0.915. The molecule has 1 saturated carbocycles. The van der Waals surface area contributed by atoms with Crippen LogP contribution in [0.25, 0.3) is 0 Å². The summed E-state index contributed by atoms with van der Waals surface area (Å²) in [5, 5.41) is 0.571. The Labute approximate surface area is 122 Å². The Balaban J connectivity index is 2.17. The predicted molar refractivity (Wildman–Crippen MR) is 79.2 cm³/mol. The highest BCUT2D eigenvalue weighted by Gasteiger charge is 2.28. The van der Waals surface area contributed by atoms with Crippen LogP contribution in [0.1, 0.15) is 49.4 Å². The van der Waals surface area contributed by atoms with E-state index in [0.29, 0.717) is 16.5 Å². The van der Waals surface area contributed by atoms with Crippen molar-refractivity contribution in [1.82, 2.24) is 0 Å². The molecule has 0 aromatic heterocycles. The van der Waals surface area contributed by atoms with Crippen molar-refractivity contribution in [3.8, 4) is 0 Å². The number of rotatable bonds is 3. The van der Waals surface area contributed by atoms with E-state index in [1.807, 2.05) is 12.1 Å². The zero-order valence-corrected chi connectivity index (χ0v) is 12.9. The van der Waals surface area contributed by atoms with Crippen LogP contribution in [0.3, 0.4) is 0 Å². The van der Waals surface area contributed by atoms with Crippen molar-refractivity contribution >= 4 is 33.3 Å². The number of benzene rings is 1. The van der Waals surface area contributed by atoms with Crippen molar-refractivity contribution in [2.24, 2.45) is 11.8 Å². The molecule has 0 heterocycles. The summed E-state index contributed by atoms with van der Waals surface area (Å²) in [5.41, 5.74) is 0.674. The summed E-state index contributed by atoms with van der Waals surface area (Å²) in [6, 6.07) is 5.51. The molecule has 0 spiro atoms. The Bertz CT molecular complexity index is 444.